The number of carbonyl (C=O) groups is 2. The second kappa shape index (κ2) is 13.8. The Labute approximate surface area is 243 Å². The summed E-state index contributed by atoms with van der Waals surface area (Å²) in [5.41, 5.74) is 2.79. The standard InChI is InChI=1S/C31H38ClN3O4S/c1-6-24(5)33-31(37)28(7-2)34(20-25-14-12-11-13-22(25)3)30(36)21-35(29-19-26(32)18-17-23(29)4)40(38,39)27-15-9-8-10-16-27/h8-19,24,28H,6-7,20-21H2,1-5H3,(H,33,37)/t24-,28+/m1/s1. The number of rotatable bonds is 12. The van der Waals surface area contributed by atoms with Gasteiger partial charge in [0.15, 0.2) is 0 Å². The van der Waals surface area contributed by atoms with E-state index in [0.29, 0.717) is 22.7 Å². The Morgan fingerprint density at radius 1 is 0.900 bits per heavy atom. The lowest BCUT2D eigenvalue weighted by atomic mass is 10.1. The number of nitrogens with one attached hydrogen (secondary N) is 1. The van der Waals surface area contributed by atoms with Crippen molar-refractivity contribution < 1.29 is 18.0 Å². The zero-order valence-electron chi connectivity index (χ0n) is 23.7. The normalized spacial score (nSPS) is 12.8. The fourth-order valence-corrected chi connectivity index (χ4v) is 6.07. The topological polar surface area (TPSA) is 86.8 Å². The molecule has 0 aromatic heterocycles. The minimum atomic E-state index is -4.15. The molecule has 0 aliphatic rings. The van der Waals surface area contributed by atoms with Gasteiger partial charge in [0, 0.05) is 17.6 Å². The molecule has 7 nitrogen and oxygen atoms in total. The van der Waals surface area contributed by atoms with Gasteiger partial charge in [-0.15, -0.1) is 0 Å². The summed E-state index contributed by atoms with van der Waals surface area (Å²) in [6, 6.07) is 19.7. The summed E-state index contributed by atoms with van der Waals surface area (Å²) in [7, 11) is -4.15. The van der Waals surface area contributed by atoms with Gasteiger partial charge in [0.2, 0.25) is 11.8 Å². The summed E-state index contributed by atoms with van der Waals surface area (Å²) >= 11 is 6.29. The van der Waals surface area contributed by atoms with Crippen LogP contribution in [0.3, 0.4) is 0 Å². The van der Waals surface area contributed by atoms with Gasteiger partial charge in [0.25, 0.3) is 10.0 Å². The largest absolute Gasteiger partial charge is 0.352 e. The third kappa shape index (κ3) is 7.43. The Hall–Kier alpha value is -3.36. The van der Waals surface area contributed by atoms with Crippen molar-refractivity contribution in [2.45, 2.75) is 71.0 Å². The molecule has 0 heterocycles. The molecule has 40 heavy (non-hydrogen) atoms. The average molecular weight is 584 g/mol. The molecule has 3 rings (SSSR count). The van der Waals surface area contributed by atoms with Crippen molar-refractivity contribution in [2.75, 3.05) is 10.8 Å². The average Bonchev–Trinajstić information content (AvgIpc) is 2.94. The quantitative estimate of drug-likeness (QED) is 0.289. The molecule has 9 heteroatoms. The smallest absolute Gasteiger partial charge is 0.264 e. The third-order valence-electron chi connectivity index (χ3n) is 7.04. The molecule has 0 aliphatic carbocycles. The number of sulfonamides is 1. The lowest BCUT2D eigenvalue weighted by molar-refractivity contribution is -0.140. The lowest BCUT2D eigenvalue weighted by Gasteiger charge is -2.34. The van der Waals surface area contributed by atoms with E-state index in [2.05, 4.69) is 5.32 Å². The van der Waals surface area contributed by atoms with Crippen molar-refractivity contribution in [2.24, 2.45) is 0 Å². The van der Waals surface area contributed by atoms with Crippen LogP contribution in [0.2, 0.25) is 5.02 Å². The minimum Gasteiger partial charge on any atom is -0.352 e. The molecule has 0 saturated heterocycles. The number of anilines is 1. The van der Waals surface area contributed by atoms with Crippen LogP contribution in [-0.2, 0) is 26.2 Å². The molecule has 3 aromatic rings. The summed E-state index contributed by atoms with van der Waals surface area (Å²) in [6.45, 7) is 9.10. The summed E-state index contributed by atoms with van der Waals surface area (Å²) in [4.78, 5) is 29.1. The van der Waals surface area contributed by atoms with E-state index in [1.54, 1.807) is 43.3 Å². The first-order valence-corrected chi connectivity index (χ1v) is 15.3. The van der Waals surface area contributed by atoms with E-state index in [0.717, 1.165) is 21.9 Å². The number of nitrogens with zero attached hydrogens (tertiary/aromatic N) is 2. The molecule has 0 saturated carbocycles. The van der Waals surface area contributed by atoms with E-state index in [9.17, 15) is 18.0 Å². The van der Waals surface area contributed by atoms with Crippen LogP contribution in [-0.4, -0.2) is 43.8 Å². The number of hydrogen-bond acceptors (Lipinski definition) is 4. The Balaban J connectivity index is 2.10. The van der Waals surface area contributed by atoms with E-state index >= 15 is 0 Å². The number of hydrogen-bond donors (Lipinski definition) is 1. The van der Waals surface area contributed by atoms with Crippen molar-refractivity contribution >= 4 is 39.1 Å². The highest BCUT2D eigenvalue weighted by Gasteiger charge is 2.34. The summed E-state index contributed by atoms with van der Waals surface area (Å²) in [5.74, 6) is -0.761. The van der Waals surface area contributed by atoms with Crippen LogP contribution in [0.5, 0.6) is 0 Å². The molecule has 0 aliphatic heterocycles. The zero-order chi connectivity index (χ0) is 29.4. The van der Waals surface area contributed by atoms with Gasteiger partial charge in [-0.1, -0.05) is 74.0 Å². The Morgan fingerprint density at radius 3 is 2.17 bits per heavy atom. The van der Waals surface area contributed by atoms with Crippen molar-refractivity contribution in [3.05, 3.63) is 94.5 Å². The van der Waals surface area contributed by atoms with Gasteiger partial charge < -0.3 is 10.2 Å². The predicted molar refractivity (Wildman–Crippen MR) is 161 cm³/mol. The zero-order valence-corrected chi connectivity index (χ0v) is 25.3. The van der Waals surface area contributed by atoms with Crippen LogP contribution in [0.1, 0.15) is 50.3 Å². The van der Waals surface area contributed by atoms with Crippen molar-refractivity contribution in [1.82, 2.24) is 10.2 Å². The van der Waals surface area contributed by atoms with Crippen molar-refractivity contribution in [3.8, 4) is 0 Å². The lowest BCUT2D eigenvalue weighted by Crippen LogP contribution is -2.53. The first-order valence-electron chi connectivity index (χ1n) is 13.5. The van der Waals surface area contributed by atoms with Gasteiger partial charge in [-0.25, -0.2) is 8.42 Å². The van der Waals surface area contributed by atoms with Crippen LogP contribution < -0.4 is 9.62 Å². The number of halogens is 1. The Bertz CT molecular complexity index is 1430. The van der Waals surface area contributed by atoms with E-state index in [1.807, 2.05) is 52.0 Å². The maximum absolute atomic E-state index is 14.2. The molecule has 0 unspecified atom stereocenters. The summed E-state index contributed by atoms with van der Waals surface area (Å²) in [6.07, 6.45) is 1.10. The second-order valence-corrected chi connectivity index (χ2v) is 12.2. The number of amides is 2. The fraction of sp³-hybridized carbons (Fsp3) is 0.355. The molecule has 2 atom stereocenters. The summed E-state index contributed by atoms with van der Waals surface area (Å²) in [5, 5.41) is 3.34. The van der Waals surface area contributed by atoms with Crippen LogP contribution in [0.4, 0.5) is 5.69 Å². The molecule has 214 valence electrons. The van der Waals surface area contributed by atoms with Gasteiger partial charge >= 0.3 is 0 Å². The minimum absolute atomic E-state index is 0.0502. The summed E-state index contributed by atoms with van der Waals surface area (Å²) < 4.78 is 29.0. The number of aryl methyl sites for hydroxylation is 2. The molecular formula is C31H38ClN3O4S. The van der Waals surface area contributed by atoms with Gasteiger partial charge in [0.05, 0.1) is 10.6 Å². The SMILES string of the molecule is CC[C@@H](C)NC(=O)[C@H](CC)N(Cc1ccccc1C)C(=O)CN(c1cc(Cl)ccc1C)S(=O)(=O)c1ccccc1. The van der Waals surface area contributed by atoms with Crippen LogP contribution in [0.25, 0.3) is 0 Å². The fourth-order valence-electron chi connectivity index (χ4n) is 4.42. The molecule has 3 aromatic carbocycles. The van der Waals surface area contributed by atoms with E-state index in [1.165, 1.54) is 17.0 Å². The molecular weight excluding hydrogens is 546 g/mol. The monoisotopic (exact) mass is 583 g/mol. The highest BCUT2D eigenvalue weighted by molar-refractivity contribution is 7.92. The highest BCUT2D eigenvalue weighted by Crippen LogP contribution is 2.30. The van der Waals surface area contributed by atoms with Crippen molar-refractivity contribution in [1.29, 1.82) is 0 Å². The second-order valence-electron chi connectivity index (χ2n) is 9.95. The molecule has 0 bridgehead atoms. The van der Waals surface area contributed by atoms with E-state index in [-0.39, 0.29) is 23.4 Å². The van der Waals surface area contributed by atoms with Crippen LogP contribution in [0, 0.1) is 13.8 Å². The van der Waals surface area contributed by atoms with Crippen LogP contribution in [0.15, 0.2) is 77.7 Å². The first kappa shape index (κ1) is 31.2. The Morgan fingerprint density at radius 2 is 1.55 bits per heavy atom. The van der Waals surface area contributed by atoms with Crippen LogP contribution >= 0.6 is 11.6 Å². The van der Waals surface area contributed by atoms with Gasteiger partial charge in [-0.3, -0.25) is 13.9 Å². The van der Waals surface area contributed by atoms with E-state index < -0.39 is 28.5 Å². The maximum atomic E-state index is 14.2. The predicted octanol–water partition coefficient (Wildman–Crippen LogP) is 5.87. The molecule has 0 fully saturated rings. The van der Waals surface area contributed by atoms with Crippen molar-refractivity contribution in [3.63, 3.8) is 0 Å². The first-order chi connectivity index (χ1) is 19.0. The van der Waals surface area contributed by atoms with E-state index in [4.69, 9.17) is 11.6 Å². The molecule has 2 amide bonds. The van der Waals surface area contributed by atoms with Gasteiger partial charge in [-0.2, -0.15) is 0 Å². The Kier molecular flexibility index (Phi) is 10.8. The molecule has 0 spiro atoms. The number of carbonyl (C=O) groups excluding carboxylic acids is 2. The molecule has 1 N–H and O–H groups in total. The molecule has 0 radical (unpaired) electrons. The van der Waals surface area contributed by atoms with Gasteiger partial charge in [0.1, 0.15) is 12.6 Å². The maximum Gasteiger partial charge on any atom is 0.264 e. The third-order valence-corrected chi connectivity index (χ3v) is 9.05. The number of benzene rings is 3. The highest BCUT2D eigenvalue weighted by atomic mass is 35.5. The van der Waals surface area contributed by atoms with Gasteiger partial charge in [-0.05, 0) is 74.6 Å².